The molecule has 3 rings (SSSR count). The predicted molar refractivity (Wildman–Crippen MR) is 140 cm³/mol. The Morgan fingerprint density at radius 1 is 0.706 bits per heavy atom. The summed E-state index contributed by atoms with van der Waals surface area (Å²) in [6.07, 6.45) is -0.845. The molecule has 0 amide bonds. The van der Waals surface area contributed by atoms with Crippen molar-refractivity contribution in [2.75, 3.05) is 0 Å². The molecule has 1 fully saturated rings. The third kappa shape index (κ3) is 7.26. The van der Waals surface area contributed by atoms with E-state index >= 15 is 0 Å². The summed E-state index contributed by atoms with van der Waals surface area (Å²) in [4.78, 5) is 26.0. The molecule has 1 aliphatic rings. The van der Waals surface area contributed by atoms with Gasteiger partial charge in [-0.1, -0.05) is 47.5 Å². The van der Waals surface area contributed by atoms with Gasteiger partial charge in [-0.3, -0.25) is 9.59 Å². The van der Waals surface area contributed by atoms with Gasteiger partial charge < -0.3 is 13.6 Å². The second-order valence-electron chi connectivity index (χ2n) is 10.6. The minimum absolute atomic E-state index is 0.257. The molecule has 0 bridgehead atoms. The van der Waals surface area contributed by atoms with Crippen LogP contribution in [-0.2, 0) is 23.2 Å². The fourth-order valence-corrected chi connectivity index (χ4v) is 6.42. The van der Waals surface area contributed by atoms with Gasteiger partial charge >= 0.3 is 11.9 Å². The Morgan fingerprint density at radius 3 is 1.32 bits per heavy atom. The lowest BCUT2D eigenvalue weighted by atomic mass is 9.81. The number of halogens is 2. The van der Waals surface area contributed by atoms with Crippen molar-refractivity contribution in [1.29, 1.82) is 0 Å². The van der Waals surface area contributed by atoms with Crippen LogP contribution >= 0.6 is 23.2 Å². The van der Waals surface area contributed by atoms with E-state index in [1.807, 2.05) is 24.3 Å². The summed E-state index contributed by atoms with van der Waals surface area (Å²) in [7, 11) is -4.14. The van der Waals surface area contributed by atoms with Crippen molar-refractivity contribution in [3.63, 3.8) is 0 Å². The fraction of sp³-hybridized carbons (Fsp3) is 0.440. The van der Waals surface area contributed by atoms with Gasteiger partial charge in [0.05, 0.1) is 24.0 Å². The topological polar surface area (TPSA) is 61.8 Å². The quantitative estimate of drug-likeness (QED) is 0.202. The predicted octanol–water partition coefficient (Wildman–Crippen LogP) is 7.18. The molecule has 0 radical (unpaired) electrons. The van der Waals surface area contributed by atoms with Crippen LogP contribution in [0, 0.1) is 11.8 Å². The first kappa shape index (κ1) is 27.1. The van der Waals surface area contributed by atoms with Gasteiger partial charge in [0.25, 0.3) is 0 Å². The van der Waals surface area contributed by atoms with Gasteiger partial charge in [-0.05, 0) is 81.1 Å². The number of benzene rings is 2. The Morgan fingerprint density at radius 2 is 1.03 bits per heavy atom. The van der Waals surface area contributed by atoms with Gasteiger partial charge in [0, 0.05) is 10.0 Å². The Balaban J connectivity index is 2.01. The molecule has 4 unspecified atom stereocenters. The highest BCUT2D eigenvalue weighted by Crippen LogP contribution is 2.43. The molecule has 0 N–H and O–H groups in total. The minimum Gasteiger partial charge on any atom is -0.410 e. The maximum Gasteiger partial charge on any atom is 0.319 e. The van der Waals surface area contributed by atoms with Crippen LogP contribution in [0.5, 0.6) is 0 Å². The van der Waals surface area contributed by atoms with E-state index in [0.29, 0.717) is 10.0 Å². The lowest BCUT2D eigenvalue weighted by Crippen LogP contribution is -2.44. The van der Waals surface area contributed by atoms with E-state index in [4.69, 9.17) is 36.8 Å². The monoisotopic (exact) mass is 538 g/mol. The number of carbonyl (C=O) groups is 2. The van der Waals surface area contributed by atoms with Crippen molar-refractivity contribution in [1.82, 2.24) is 0 Å². The first-order valence-electron chi connectivity index (χ1n) is 11.4. The van der Waals surface area contributed by atoms with Crippen molar-refractivity contribution in [3.05, 3.63) is 69.7 Å². The highest BCUT2D eigenvalue weighted by Gasteiger charge is 2.47. The zero-order valence-corrected chi connectivity index (χ0v) is 23.9. The van der Waals surface area contributed by atoms with E-state index in [-0.39, 0.29) is 6.42 Å². The highest BCUT2D eigenvalue weighted by molar-refractivity contribution is 6.70. The van der Waals surface area contributed by atoms with Crippen LogP contribution < -0.4 is 0 Å². The zero-order valence-electron chi connectivity index (χ0n) is 20.4. The van der Waals surface area contributed by atoms with Crippen molar-refractivity contribution < 1.29 is 23.2 Å². The molecule has 34 heavy (non-hydrogen) atoms. The van der Waals surface area contributed by atoms with E-state index in [1.54, 1.807) is 24.3 Å². The molecule has 1 saturated heterocycles. The number of ether oxygens (including phenoxy) is 1. The van der Waals surface area contributed by atoms with Gasteiger partial charge in [-0.15, -0.1) is 0 Å². The largest absolute Gasteiger partial charge is 0.410 e. The molecule has 2 aromatic rings. The number of hydrogen-bond acceptors (Lipinski definition) is 5. The highest BCUT2D eigenvalue weighted by atomic mass is 35.5. The van der Waals surface area contributed by atoms with Crippen molar-refractivity contribution >= 4 is 51.8 Å². The first-order chi connectivity index (χ1) is 15.7. The van der Waals surface area contributed by atoms with E-state index in [1.165, 1.54) is 0 Å². The molecule has 4 atom stereocenters. The molecule has 1 heterocycles. The Hall–Kier alpha value is -1.49. The number of carbonyl (C=O) groups excluding carboxylic acids is 2. The minimum atomic E-state index is -2.07. The van der Waals surface area contributed by atoms with Crippen LogP contribution in [0.1, 0.15) is 29.8 Å². The van der Waals surface area contributed by atoms with Crippen LogP contribution in [0.2, 0.25) is 49.3 Å². The molecule has 0 spiro atoms. The summed E-state index contributed by atoms with van der Waals surface area (Å²) in [5, 5.41) is 1.20. The zero-order chi connectivity index (χ0) is 25.3. The summed E-state index contributed by atoms with van der Waals surface area (Å²) in [5.74, 6) is -2.45. The molecule has 184 valence electrons. The summed E-state index contributed by atoms with van der Waals surface area (Å²) in [6.45, 7) is 12.4. The SMILES string of the molecule is C[Si](C)(C)OC(c1ccc(Cl)cc1)C1CC(C(O[Si](C)(C)C)c2ccc(Cl)cc2)C(=O)OC1=O. The molecule has 5 nitrogen and oxygen atoms in total. The first-order valence-corrected chi connectivity index (χ1v) is 18.9. The number of cyclic esters (lactones) is 2. The van der Waals surface area contributed by atoms with Gasteiger partial charge in [-0.25, -0.2) is 0 Å². The maximum absolute atomic E-state index is 13.0. The molecular weight excluding hydrogens is 507 g/mol. The molecular formula is C25H32Cl2O5Si2. The Bertz CT molecular complexity index is 932. The lowest BCUT2D eigenvalue weighted by molar-refractivity contribution is -0.178. The van der Waals surface area contributed by atoms with Crippen molar-refractivity contribution in [2.24, 2.45) is 11.8 Å². The van der Waals surface area contributed by atoms with Crippen LogP contribution in [-0.4, -0.2) is 28.6 Å². The van der Waals surface area contributed by atoms with Gasteiger partial charge in [0.2, 0.25) is 0 Å². The van der Waals surface area contributed by atoms with E-state index in [0.717, 1.165) is 11.1 Å². The summed E-state index contributed by atoms with van der Waals surface area (Å²) < 4.78 is 18.3. The average Bonchev–Trinajstić information content (AvgIpc) is 2.71. The van der Waals surface area contributed by atoms with Crippen LogP contribution in [0.3, 0.4) is 0 Å². The van der Waals surface area contributed by atoms with E-state index in [2.05, 4.69) is 39.3 Å². The van der Waals surface area contributed by atoms with E-state index in [9.17, 15) is 9.59 Å². The summed E-state index contributed by atoms with van der Waals surface area (Å²) in [5.41, 5.74) is 1.66. The normalized spacial score (nSPS) is 21.2. The summed E-state index contributed by atoms with van der Waals surface area (Å²) >= 11 is 12.2. The second kappa shape index (κ2) is 10.6. The maximum atomic E-state index is 13.0. The molecule has 0 saturated carbocycles. The third-order valence-electron chi connectivity index (χ3n) is 5.40. The molecule has 0 aliphatic carbocycles. The molecule has 1 aliphatic heterocycles. The number of rotatable bonds is 8. The van der Waals surface area contributed by atoms with Gasteiger partial charge in [-0.2, -0.15) is 0 Å². The van der Waals surface area contributed by atoms with Crippen LogP contribution in [0.4, 0.5) is 0 Å². The third-order valence-corrected chi connectivity index (χ3v) is 7.83. The molecule has 2 aromatic carbocycles. The van der Waals surface area contributed by atoms with Gasteiger partial charge in [0.15, 0.2) is 16.6 Å². The summed E-state index contributed by atoms with van der Waals surface area (Å²) in [6, 6.07) is 14.6. The van der Waals surface area contributed by atoms with Gasteiger partial charge in [0.1, 0.15) is 0 Å². The smallest absolute Gasteiger partial charge is 0.319 e. The average molecular weight is 540 g/mol. The standard InChI is InChI=1S/C25H32Cl2O5Si2/c1-33(2,3)31-22(16-7-11-18(26)12-8-16)20-15-21(25(29)30-24(20)28)23(32-34(4,5)6)17-9-13-19(27)14-10-17/h7-14,20-23H,15H2,1-6H3. The van der Waals surface area contributed by atoms with Crippen LogP contribution in [0.15, 0.2) is 48.5 Å². The van der Waals surface area contributed by atoms with Crippen LogP contribution in [0.25, 0.3) is 0 Å². The molecule has 0 aromatic heterocycles. The number of hydrogen-bond donors (Lipinski definition) is 0. The Labute approximate surface area is 214 Å². The van der Waals surface area contributed by atoms with E-state index < -0.39 is 52.6 Å². The Kier molecular flexibility index (Phi) is 8.48. The second-order valence-corrected chi connectivity index (χ2v) is 20.4. The van der Waals surface area contributed by atoms with Crippen molar-refractivity contribution in [3.8, 4) is 0 Å². The fourth-order valence-electron chi connectivity index (χ4n) is 4.04. The lowest BCUT2D eigenvalue weighted by Gasteiger charge is -2.39. The van der Waals surface area contributed by atoms with Crippen molar-refractivity contribution in [2.45, 2.75) is 57.9 Å². The number of esters is 2. The molecule has 9 heteroatoms.